The number of hydrogen-bond acceptors (Lipinski definition) is 5. The number of rotatable bonds is 4. The highest BCUT2D eigenvalue weighted by Crippen LogP contribution is 2.34. The number of fused-ring (bicyclic) bond motifs is 1. The lowest BCUT2D eigenvalue weighted by molar-refractivity contribution is -0.123. The molecule has 0 aliphatic carbocycles. The second kappa shape index (κ2) is 8.03. The smallest absolute Gasteiger partial charge is 0.234 e. The van der Waals surface area contributed by atoms with E-state index in [9.17, 15) is 18.8 Å². The molecule has 2 heterocycles. The molecule has 152 valence electrons. The molecule has 3 N–H and O–H groups in total. The Hall–Kier alpha value is -3.59. The van der Waals surface area contributed by atoms with Crippen LogP contribution >= 0.6 is 11.3 Å². The van der Waals surface area contributed by atoms with Crippen molar-refractivity contribution < 1.29 is 18.8 Å². The maximum Gasteiger partial charge on any atom is 0.234 e. The van der Waals surface area contributed by atoms with Crippen molar-refractivity contribution in [3.05, 3.63) is 59.2 Å². The first-order valence-corrected chi connectivity index (χ1v) is 10.0. The standard InChI is InChI=1S/C21H17FN4O3S/c1-11(27)23-14-5-2-12(3-6-14)18-10-30-21(25-18)26-20(29)16-9-19(28)24-17-8-13(22)4-7-15(16)17/h2-8,10,16H,9H2,1H3,(H,23,27)(H,24,28)(H,25,26,29). The van der Waals surface area contributed by atoms with E-state index in [4.69, 9.17) is 0 Å². The predicted molar refractivity (Wildman–Crippen MR) is 113 cm³/mol. The number of amides is 3. The van der Waals surface area contributed by atoms with Gasteiger partial charge in [-0.05, 0) is 29.8 Å². The van der Waals surface area contributed by atoms with E-state index in [2.05, 4.69) is 20.9 Å². The molecular weight excluding hydrogens is 407 g/mol. The summed E-state index contributed by atoms with van der Waals surface area (Å²) in [6, 6.07) is 11.2. The maximum absolute atomic E-state index is 13.5. The van der Waals surface area contributed by atoms with Gasteiger partial charge in [-0.3, -0.25) is 14.4 Å². The molecule has 0 saturated carbocycles. The van der Waals surface area contributed by atoms with E-state index in [1.165, 1.54) is 36.5 Å². The van der Waals surface area contributed by atoms with Gasteiger partial charge in [0.15, 0.2) is 5.13 Å². The van der Waals surface area contributed by atoms with E-state index in [1.807, 2.05) is 12.1 Å². The van der Waals surface area contributed by atoms with Crippen LogP contribution in [-0.2, 0) is 14.4 Å². The van der Waals surface area contributed by atoms with Crippen molar-refractivity contribution in [2.24, 2.45) is 0 Å². The summed E-state index contributed by atoms with van der Waals surface area (Å²) >= 11 is 1.26. The van der Waals surface area contributed by atoms with Crippen LogP contribution in [0.1, 0.15) is 24.8 Å². The van der Waals surface area contributed by atoms with Crippen molar-refractivity contribution in [3.8, 4) is 11.3 Å². The van der Waals surface area contributed by atoms with Crippen LogP contribution in [0, 0.1) is 5.82 Å². The van der Waals surface area contributed by atoms with Crippen LogP contribution in [0.25, 0.3) is 11.3 Å². The minimum absolute atomic E-state index is 0.0205. The molecule has 1 atom stereocenters. The fraction of sp³-hybridized carbons (Fsp3) is 0.143. The Labute approximate surface area is 175 Å². The molecule has 7 nitrogen and oxygen atoms in total. The molecule has 1 aromatic heterocycles. The summed E-state index contributed by atoms with van der Waals surface area (Å²) in [5, 5.41) is 10.2. The first-order valence-electron chi connectivity index (χ1n) is 9.13. The molecule has 0 fully saturated rings. The highest BCUT2D eigenvalue weighted by molar-refractivity contribution is 7.14. The number of benzene rings is 2. The number of anilines is 3. The van der Waals surface area contributed by atoms with Crippen LogP contribution in [0.15, 0.2) is 47.8 Å². The zero-order valence-corrected chi connectivity index (χ0v) is 16.7. The maximum atomic E-state index is 13.5. The van der Waals surface area contributed by atoms with Crippen molar-refractivity contribution in [3.63, 3.8) is 0 Å². The second-order valence-corrected chi connectivity index (χ2v) is 7.68. The molecule has 0 saturated heterocycles. The quantitative estimate of drug-likeness (QED) is 0.590. The van der Waals surface area contributed by atoms with Crippen LogP contribution in [0.5, 0.6) is 0 Å². The minimum Gasteiger partial charge on any atom is -0.326 e. The van der Waals surface area contributed by atoms with E-state index in [0.717, 1.165) is 5.56 Å². The SMILES string of the molecule is CC(=O)Nc1ccc(-c2csc(NC(=O)C3CC(=O)Nc4cc(F)ccc43)n2)cc1. The lowest BCUT2D eigenvalue weighted by Crippen LogP contribution is -2.30. The highest BCUT2D eigenvalue weighted by Gasteiger charge is 2.31. The third-order valence-corrected chi connectivity index (χ3v) is 5.36. The van der Waals surface area contributed by atoms with Gasteiger partial charge >= 0.3 is 0 Å². The van der Waals surface area contributed by atoms with Crippen LogP contribution in [0.2, 0.25) is 0 Å². The van der Waals surface area contributed by atoms with Gasteiger partial charge in [0.25, 0.3) is 0 Å². The van der Waals surface area contributed by atoms with E-state index >= 15 is 0 Å². The molecular formula is C21H17FN4O3S. The Kier molecular flexibility index (Phi) is 5.28. The van der Waals surface area contributed by atoms with Crippen LogP contribution in [-0.4, -0.2) is 22.7 Å². The summed E-state index contributed by atoms with van der Waals surface area (Å²) in [5.41, 5.74) is 3.07. The highest BCUT2D eigenvalue weighted by atomic mass is 32.1. The number of nitrogens with zero attached hydrogens (tertiary/aromatic N) is 1. The van der Waals surface area contributed by atoms with Crippen molar-refractivity contribution in [1.82, 2.24) is 4.98 Å². The molecule has 2 aromatic carbocycles. The van der Waals surface area contributed by atoms with E-state index in [0.29, 0.717) is 27.8 Å². The number of thiazole rings is 1. The lowest BCUT2D eigenvalue weighted by Gasteiger charge is -2.24. The Bertz CT molecular complexity index is 1140. The Morgan fingerprint density at radius 2 is 1.93 bits per heavy atom. The lowest BCUT2D eigenvalue weighted by atomic mass is 9.90. The zero-order valence-electron chi connectivity index (χ0n) is 15.9. The number of nitrogens with one attached hydrogen (secondary N) is 3. The molecule has 0 spiro atoms. The molecule has 1 aliphatic rings. The van der Waals surface area contributed by atoms with Crippen LogP contribution in [0.3, 0.4) is 0 Å². The van der Waals surface area contributed by atoms with Gasteiger partial charge in [0.2, 0.25) is 17.7 Å². The number of carbonyl (C=O) groups excluding carboxylic acids is 3. The molecule has 0 bridgehead atoms. The first-order chi connectivity index (χ1) is 14.4. The Morgan fingerprint density at radius 3 is 2.67 bits per heavy atom. The summed E-state index contributed by atoms with van der Waals surface area (Å²) in [7, 11) is 0. The van der Waals surface area contributed by atoms with Crippen molar-refractivity contribution in [2.75, 3.05) is 16.0 Å². The van der Waals surface area contributed by atoms with Crippen LogP contribution in [0.4, 0.5) is 20.9 Å². The average Bonchev–Trinajstić information content (AvgIpc) is 3.15. The third kappa shape index (κ3) is 4.20. The van der Waals surface area contributed by atoms with Gasteiger partial charge in [0.1, 0.15) is 5.82 Å². The summed E-state index contributed by atoms with van der Waals surface area (Å²) in [6.45, 7) is 1.44. The van der Waals surface area contributed by atoms with Gasteiger partial charge < -0.3 is 16.0 Å². The largest absolute Gasteiger partial charge is 0.326 e. The fourth-order valence-electron chi connectivity index (χ4n) is 3.25. The van der Waals surface area contributed by atoms with Gasteiger partial charge in [0, 0.05) is 35.7 Å². The number of aromatic nitrogens is 1. The van der Waals surface area contributed by atoms with Gasteiger partial charge in [-0.15, -0.1) is 11.3 Å². The first kappa shape index (κ1) is 19.7. The number of hydrogen-bond donors (Lipinski definition) is 3. The van der Waals surface area contributed by atoms with Gasteiger partial charge in [-0.2, -0.15) is 0 Å². The minimum atomic E-state index is -0.723. The third-order valence-electron chi connectivity index (χ3n) is 4.61. The van der Waals surface area contributed by atoms with E-state index in [-0.39, 0.29) is 24.1 Å². The molecule has 9 heteroatoms. The van der Waals surface area contributed by atoms with Gasteiger partial charge in [-0.1, -0.05) is 18.2 Å². The Balaban J connectivity index is 1.50. The topological polar surface area (TPSA) is 100 Å². The molecule has 30 heavy (non-hydrogen) atoms. The second-order valence-electron chi connectivity index (χ2n) is 6.82. The zero-order chi connectivity index (χ0) is 21.3. The molecule has 0 radical (unpaired) electrons. The summed E-state index contributed by atoms with van der Waals surface area (Å²) in [5.74, 6) is -2.07. The molecule has 3 aromatic rings. The molecule has 3 amide bonds. The summed E-state index contributed by atoms with van der Waals surface area (Å²) < 4.78 is 13.5. The number of carbonyl (C=O) groups is 3. The van der Waals surface area contributed by atoms with Crippen molar-refractivity contribution >= 4 is 45.6 Å². The molecule has 1 unspecified atom stereocenters. The van der Waals surface area contributed by atoms with Crippen molar-refractivity contribution in [2.45, 2.75) is 19.3 Å². The fourth-order valence-corrected chi connectivity index (χ4v) is 3.98. The Morgan fingerprint density at radius 1 is 1.17 bits per heavy atom. The average molecular weight is 424 g/mol. The molecule has 4 rings (SSSR count). The van der Waals surface area contributed by atoms with Crippen molar-refractivity contribution in [1.29, 1.82) is 0 Å². The van der Waals surface area contributed by atoms with E-state index in [1.54, 1.807) is 17.5 Å². The monoisotopic (exact) mass is 424 g/mol. The number of halogens is 1. The summed E-state index contributed by atoms with van der Waals surface area (Å²) in [6.07, 6.45) is -0.0205. The normalized spacial score (nSPS) is 15.1. The molecule has 1 aliphatic heterocycles. The van der Waals surface area contributed by atoms with Gasteiger partial charge in [-0.25, -0.2) is 9.37 Å². The van der Waals surface area contributed by atoms with E-state index < -0.39 is 11.7 Å². The van der Waals surface area contributed by atoms with Gasteiger partial charge in [0.05, 0.1) is 11.6 Å². The summed E-state index contributed by atoms with van der Waals surface area (Å²) in [4.78, 5) is 40.3. The predicted octanol–water partition coefficient (Wildman–Crippen LogP) is 3.97. The van der Waals surface area contributed by atoms with Crippen LogP contribution < -0.4 is 16.0 Å².